The van der Waals surface area contributed by atoms with Crippen molar-refractivity contribution in [3.63, 3.8) is 0 Å². The SMILES string of the molecule is NC(=O)c1csc(F)c1. The van der Waals surface area contributed by atoms with E-state index in [0.717, 1.165) is 17.4 Å². The van der Waals surface area contributed by atoms with Crippen LogP contribution in [0.3, 0.4) is 0 Å². The molecule has 0 aliphatic carbocycles. The molecule has 4 heteroatoms. The van der Waals surface area contributed by atoms with E-state index in [1.54, 1.807) is 0 Å². The van der Waals surface area contributed by atoms with Gasteiger partial charge in [-0.1, -0.05) is 0 Å². The largest absolute Gasteiger partial charge is 0.366 e. The summed E-state index contributed by atoms with van der Waals surface area (Å²) in [5.41, 5.74) is 5.06. The summed E-state index contributed by atoms with van der Waals surface area (Å²) < 4.78 is 12.1. The third-order valence-electron chi connectivity index (χ3n) is 0.852. The van der Waals surface area contributed by atoms with Crippen molar-refractivity contribution in [1.29, 1.82) is 0 Å². The summed E-state index contributed by atoms with van der Waals surface area (Å²) in [6.45, 7) is 0. The van der Waals surface area contributed by atoms with Gasteiger partial charge in [-0.2, -0.15) is 4.39 Å². The number of carbonyl (C=O) groups is 1. The average Bonchev–Trinajstić information content (AvgIpc) is 2.14. The molecule has 0 aliphatic heterocycles. The lowest BCUT2D eigenvalue weighted by molar-refractivity contribution is 0.100. The number of nitrogens with two attached hydrogens (primary N) is 1. The third kappa shape index (κ3) is 1.26. The topological polar surface area (TPSA) is 43.1 Å². The van der Waals surface area contributed by atoms with Crippen LogP contribution in [0.15, 0.2) is 11.4 Å². The highest BCUT2D eigenvalue weighted by molar-refractivity contribution is 7.08. The zero-order valence-corrected chi connectivity index (χ0v) is 5.24. The van der Waals surface area contributed by atoms with Crippen LogP contribution in [0.5, 0.6) is 0 Å². The van der Waals surface area contributed by atoms with Gasteiger partial charge in [0.1, 0.15) is 0 Å². The zero-order valence-electron chi connectivity index (χ0n) is 4.43. The van der Waals surface area contributed by atoms with E-state index in [9.17, 15) is 9.18 Å². The van der Waals surface area contributed by atoms with Crippen LogP contribution >= 0.6 is 11.3 Å². The maximum atomic E-state index is 12.1. The number of primary amides is 1. The van der Waals surface area contributed by atoms with Crippen LogP contribution in [0.1, 0.15) is 10.4 Å². The first-order chi connectivity index (χ1) is 4.20. The number of hydrogen-bond acceptors (Lipinski definition) is 2. The number of halogens is 1. The predicted molar refractivity (Wildman–Crippen MR) is 32.8 cm³/mol. The van der Waals surface area contributed by atoms with E-state index in [4.69, 9.17) is 5.73 Å². The Morgan fingerprint density at radius 3 is 2.67 bits per heavy atom. The van der Waals surface area contributed by atoms with Crippen LogP contribution in [-0.2, 0) is 0 Å². The molecule has 0 fully saturated rings. The second-order valence-electron chi connectivity index (χ2n) is 1.50. The lowest BCUT2D eigenvalue weighted by atomic mass is 10.3. The molecule has 0 aromatic carbocycles. The van der Waals surface area contributed by atoms with Crippen molar-refractivity contribution >= 4 is 17.2 Å². The normalized spacial score (nSPS) is 9.44. The van der Waals surface area contributed by atoms with Gasteiger partial charge in [-0.3, -0.25) is 4.79 Å². The lowest BCUT2D eigenvalue weighted by Gasteiger charge is -1.80. The van der Waals surface area contributed by atoms with E-state index < -0.39 is 5.91 Å². The van der Waals surface area contributed by atoms with Crippen molar-refractivity contribution < 1.29 is 9.18 Å². The number of amides is 1. The predicted octanol–water partition coefficient (Wildman–Crippen LogP) is 0.986. The summed E-state index contributed by atoms with van der Waals surface area (Å²) in [4.78, 5) is 10.3. The third-order valence-corrected chi connectivity index (χ3v) is 1.57. The number of hydrogen-bond donors (Lipinski definition) is 1. The van der Waals surface area contributed by atoms with E-state index in [-0.39, 0.29) is 10.7 Å². The van der Waals surface area contributed by atoms with Gasteiger partial charge in [0.05, 0.1) is 5.56 Å². The van der Waals surface area contributed by atoms with Gasteiger partial charge in [-0.05, 0) is 6.07 Å². The standard InChI is InChI=1S/C5H4FNOS/c6-4-1-3(2-9-4)5(7)8/h1-2H,(H2,7,8). The summed E-state index contributed by atoms with van der Waals surface area (Å²) in [5, 5.41) is 1.00. The van der Waals surface area contributed by atoms with Crippen molar-refractivity contribution in [1.82, 2.24) is 0 Å². The minimum atomic E-state index is -0.588. The van der Waals surface area contributed by atoms with Gasteiger partial charge >= 0.3 is 0 Å². The molecular formula is C5H4FNOS. The van der Waals surface area contributed by atoms with E-state index in [1.807, 2.05) is 0 Å². The van der Waals surface area contributed by atoms with Crippen molar-refractivity contribution in [2.45, 2.75) is 0 Å². The van der Waals surface area contributed by atoms with Gasteiger partial charge in [0, 0.05) is 5.38 Å². The Kier molecular flexibility index (Phi) is 1.48. The minimum absolute atomic E-state index is 0.234. The van der Waals surface area contributed by atoms with Crippen LogP contribution in [0.2, 0.25) is 0 Å². The summed E-state index contributed by atoms with van der Waals surface area (Å²) in [7, 11) is 0. The Labute approximate surface area is 55.1 Å². The molecule has 1 heterocycles. The quantitative estimate of drug-likeness (QED) is 0.629. The molecule has 1 rings (SSSR count). The van der Waals surface area contributed by atoms with E-state index in [2.05, 4.69) is 0 Å². The second kappa shape index (κ2) is 2.14. The van der Waals surface area contributed by atoms with Gasteiger partial charge in [0.2, 0.25) is 5.91 Å². The van der Waals surface area contributed by atoms with Crippen LogP contribution in [0, 0.1) is 5.13 Å². The molecule has 1 aromatic rings. The van der Waals surface area contributed by atoms with Crippen molar-refractivity contribution in [2.24, 2.45) is 5.73 Å². The first-order valence-electron chi connectivity index (χ1n) is 2.24. The molecule has 0 bridgehead atoms. The Morgan fingerprint density at radius 1 is 1.78 bits per heavy atom. The molecule has 0 unspecified atom stereocenters. The summed E-state index contributed by atoms with van der Waals surface area (Å²) in [5.74, 6) is -0.588. The monoisotopic (exact) mass is 145 g/mol. The first-order valence-corrected chi connectivity index (χ1v) is 3.12. The maximum absolute atomic E-state index is 12.1. The van der Waals surface area contributed by atoms with Crippen LogP contribution in [0.25, 0.3) is 0 Å². The highest BCUT2D eigenvalue weighted by atomic mass is 32.1. The van der Waals surface area contributed by atoms with Crippen LogP contribution < -0.4 is 5.73 Å². The van der Waals surface area contributed by atoms with Crippen molar-refractivity contribution in [3.05, 3.63) is 22.1 Å². The average molecular weight is 145 g/mol. The molecule has 1 amide bonds. The molecule has 1 aromatic heterocycles. The van der Waals surface area contributed by atoms with Crippen molar-refractivity contribution in [3.8, 4) is 0 Å². The van der Waals surface area contributed by atoms with Crippen LogP contribution in [0.4, 0.5) is 4.39 Å². The molecule has 9 heavy (non-hydrogen) atoms. The molecule has 0 aliphatic rings. The zero-order chi connectivity index (χ0) is 6.85. The molecule has 2 N–H and O–H groups in total. The van der Waals surface area contributed by atoms with Gasteiger partial charge in [0.15, 0.2) is 5.13 Å². The molecule has 0 spiro atoms. The van der Waals surface area contributed by atoms with E-state index in [1.165, 1.54) is 5.38 Å². The Bertz CT molecular complexity index is 233. The van der Waals surface area contributed by atoms with E-state index >= 15 is 0 Å². The molecule has 2 nitrogen and oxygen atoms in total. The summed E-state index contributed by atoms with van der Waals surface area (Å²) in [6, 6.07) is 1.12. The Hall–Kier alpha value is -0.900. The fraction of sp³-hybridized carbons (Fsp3) is 0. The molecular weight excluding hydrogens is 141 g/mol. The van der Waals surface area contributed by atoms with Crippen molar-refractivity contribution in [2.75, 3.05) is 0 Å². The molecule has 0 radical (unpaired) electrons. The van der Waals surface area contributed by atoms with Crippen LogP contribution in [-0.4, -0.2) is 5.91 Å². The molecule has 0 saturated heterocycles. The van der Waals surface area contributed by atoms with Gasteiger partial charge < -0.3 is 5.73 Å². The summed E-state index contributed by atoms with van der Waals surface area (Å²) in [6.07, 6.45) is 0. The highest BCUT2D eigenvalue weighted by Crippen LogP contribution is 2.10. The highest BCUT2D eigenvalue weighted by Gasteiger charge is 2.02. The smallest absolute Gasteiger partial charge is 0.249 e. The molecule has 0 atom stereocenters. The fourth-order valence-electron chi connectivity index (χ4n) is 0.439. The number of rotatable bonds is 1. The second-order valence-corrected chi connectivity index (χ2v) is 2.37. The number of carbonyl (C=O) groups excluding carboxylic acids is 1. The maximum Gasteiger partial charge on any atom is 0.249 e. The molecule has 0 saturated carbocycles. The lowest BCUT2D eigenvalue weighted by Crippen LogP contribution is -2.08. The first kappa shape index (κ1) is 6.22. The minimum Gasteiger partial charge on any atom is -0.366 e. The summed E-state index contributed by atoms with van der Waals surface area (Å²) >= 11 is 0.865. The van der Waals surface area contributed by atoms with Gasteiger partial charge in [-0.25, -0.2) is 0 Å². The Morgan fingerprint density at radius 2 is 2.44 bits per heavy atom. The van der Waals surface area contributed by atoms with Gasteiger partial charge in [-0.15, -0.1) is 11.3 Å². The van der Waals surface area contributed by atoms with Gasteiger partial charge in [0.25, 0.3) is 0 Å². The fourth-order valence-corrected chi connectivity index (χ4v) is 1.06. The molecule has 48 valence electrons. The Balaban J connectivity index is 2.98. The van der Waals surface area contributed by atoms with E-state index in [0.29, 0.717) is 0 Å². The number of thiophene rings is 1.